The lowest BCUT2D eigenvalue weighted by atomic mass is 9.99. The summed E-state index contributed by atoms with van der Waals surface area (Å²) < 4.78 is 19.1. The highest BCUT2D eigenvalue weighted by atomic mass is 19.1. The zero-order chi connectivity index (χ0) is 17.9. The van der Waals surface area contributed by atoms with Gasteiger partial charge in [-0.1, -0.05) is 23.8 Å². The molecule has 0 unspecified atom stereocenters. The van der Waals surface area contributed by atoms with Crippen molar-refractivity contribution >= 4 is 5.57 Å². The summed E-state index contributed by atoms with van der Waals surface area (Å²) in [4.78, 5) is 11.1. The third-order valence-corrected chi connectivity index (χ3v) is 5.12. The summed E-state index contributed by atoms with van der Waals surface area (Å²) in [5, 5.41) is 0. The highest BCUT2D eigenvalue weighted by Crippen LogP contribution is 2.37. The van der Waals surface area contributed by atoms with Gasteiger partial charge in [-0.15, -0.1) is 0 Å². The number of hydrogen-bond donors (Lipinski definition) is 0. The van der Waals surface area contributed by atoms with Gasteiger partial charge in [0.1, 0.15) is 11.5 Å². The summed E-state index contributed by atoms with van der Waals surface area (Å²) in [6.45, 7) is 3.05. The van der Waals surface area contributed by atoms with Crippen molar-refractivity contribution in [3.8, 4) is 5.88 Å². The summed E-state index contributed by atoms with van der Waals surface area (Å²) in [5.41, 5.74) is 5.63. The molecule has 2 heterocycles. The van der Waals surface area contributed by atoms with Crippen LogP contribution in [-0.2, 0) is 12.8 Å². The number of hydrogen-bond acceptors (Lipinski definition) is 4. The number of halogens is 1. The Hall–Kier alpha value is -2.53. The Labute approximate surface area is 153 Å². The van der Waals surface area contributed by atoms with Crippen LogP contribution in [0.1, 0.15) is 23.2 Å². The van der Waals surface area contributed by atoms with Crippen LogP contribution in [0, 0.1) is 5.82 Å². The molecule has 1 aromatic carbocycles. The van der Waals surface area contributed by atoms with Gasteiger partial charge in [0.25, 0.3) is 0 Å². The molecule has 26 heavy (non-hydrogen) atoms. The number of rotatable bonds is 6. The van der Waals surface area contributed by atoms with Gasteiger partial charge in [-0.3, -0.25) is 9.88 Å². The normalized spacial score (nSPS) is 16.4. The topological polar surface area (TPSA) is 38.3 Å². The largest absolute Gasteiger partial charge is 0.480 e. The predicted octanol–water partition coefficient (Wildman–Crippen LogP) is 3.44. The van der Waals surface area contributed by atoms with Crippen LogP contribution >= 0.6 is 0 Å². The highest BCUT2D eigenvalue weighted by molar-refractivity contribution is 5.78. The Morgan fingerprint density at radius 1 is 1.15 bits per heavy atom. The van der Waals surface area contributed by atoms with Crippen LogP contribution in [0.5, 0.6) is 5.88 Å². The molecule has 2 aliphatic rings. The SMILES string of the molecule is COc1nccnc1CC1=C(CCN2CC=CC2)Cc2cc(F)ccc21. The third-order valence-electron chi connectivity index (χ3n) is 5.12. The molecule has 134 valence electrons. The molecule has 0 radical (unpaired) electrons. The maximum atomic E-state index is 13.7. The van der Waals surface area contributed by atoms with Crippen LogP contribution in [0.15, 0.2) is 48.3 Å². The minimum Gasteiger partial charge on any atom is -0.480 e. The second-order valence-corrected chi connectivity index (χ2v) is 6.73. The third kappa shape index (κ3) is 3.40. The predicted molar refractivity (Wildman–Crippen MR) is 99.5 cm³/mol. The molecule has 0 amide bonds. The number of methoxy groups -OCH3 is 1. The summed E-state index contributed by atoms with van der Waals surface area (Å²) in [5.74, 6) is 0.379. The van der Waals surface area contributed by atoms with Crippen molar-refractivity contribution in [2.75, 3.05) is 26.7 Å². The van der Waals surface area contributed by atoms with Crippen LogP contribution in [0.25, 0.3) is 5.57 Å². The Balaban J connectivity index is 1.63. The van der Waals surface area contributed by atoms with Gasteiger partial charge in [0.2, 0.25) is 5.88 Å². The van der Waals surface area contributed by atoms with Crippen LogP contribution < -0.4 is 4.74 Å². The minimum absolute atomic E-state index is 0.176. The summed E-state index contributed by atoms with van der Waals surface area (Å²) in [7, 11) is 1.61. The molecule has 0 spiro atoms. The maximum Gasteiger partial charge on any atom is 0.235 e. The van der Waals surface area contributed by atoms with Gasteiger partial charge in [-0.25, -0.2) is 9.37 Å². The van der Waals surface area contributed by atoms with Gasteiger partial charge >= 0.3 is 0 Å². The van der Waals surface area contributed by atoms with Crippen molar-refractivity contribution in [2.24, 2.45) is 0 Å². The van der Waals surface area contributed by atoms with E-state index in [9.17, 15) is 4.39 Å². The molecule has 1 aliphatic heterocycles. The van der Waals surface area contributed by atoms with E-state index in [1.165, 1.54) is 11.1 Å². The number of aromatic nitrogens is 2. The zero-order valence-electron chi connectivity index (χ0n) is 14.9. The quantitative estimate of drug-likeness (QED) is 0.748. The first kappa shape index (κ1) is 16.9. The molecule has 1 aromatic heterocycles. The van der Waals surface area contributed by atoms with E-state index >= 15 is 0 Å². The van der Waals surface area contributed by atoms with Crippen molar-refractivity contribution < 1.29 is 9.13 Å². The molecule has 2 aromatic rings. The van der Waals surface area contributed by atoms with Crippen molar-refractivity contribution in [1.29, 1.82) is 0 Å². The second-order valence-electron chi connectivity index (χ2n) is 6.73. The molecule has 5 heteroatoms. The Bertz CT molecular complexity index is 867. The lowest BCUT2D eigenvalue weighted by molar-refractivity contribution is 0.356. The lowest BCUT2D eigenvalue weighted by Crippen LogP contribution is -2.21. The fourth-order valence-electron chi connectivity index (χ4n) is 3.80. The molecule has 0 saturated heterocycles. The summed E-state index contributed by atoms with van der Waals surface area (Å²) in [6.07, 6.45) is 10.2. The molecule has 4 nitrogen and oxygen atoms in total. The first-order chi connectivity index (χ1) is 12.7. The van der Waals surface area contributed by atoms with Gasteiger partial charge in [-0.2, -0.15) is 0 Å². The molecule has 4 rings (SSSR count). The van der Waals surface area contributed by atoms with Crippen molar-refractivity contribution in [1.82, 2.24) is 14.9 Å². The van der Waals surface area contributed by atoms with Gasteiger partial charge < -0.3 is 4.74 Å². The van der Waals surface area contributed by atoms with Gasteiger partial charge in [0.05, 0.1) is 7.11 Å². The van der Waals surface area contributed by atoms with Crippen LogP contribution in [0.3, 0.4) is 0 Å². The highest BCUT2D eigenvalue weighted by Gasteiger charge is 2.24. The van der Waals surface area contributed by atoms with Crippen LogP contribution in [0.2, 0.25) is 0 Å². The van der Waals surface area contributed by atoms with E-state index < -0.39 is 0 Å². The van der Waals surface area contributed by atoms with Gasteiger partial charge in [-0.05, 0) is 41.7 Å². The molecule has 0 fully saturated rings. The summed E-state index contributed by atoms with van der Waals surface area (Å²) in [6, 6.07) is 5.10. The fraction of sp³-hybridized carbons (Fsp3) is 0.333. The van der Waals surface area contributed by atoms with E-state index in [4.69, 9.17) is 4.74 Å². The van der Waals surface area contributed by atoms with E-state index in [0.29, 0.717) is 12.3 Å². The standard InChI is InChI=1S/C21H22FN3O/c1-26-21-20(23-7-8-24-21)14-19-15(6-11-25-9-2-3-10-25)12-16-13-17(22)4-5-18(16)19/h2-5,7-8,13H,6,9-12,14H2,1H3. The lowest BCUT2D eigenvalue weighted by Gasteiger charge is -2.16. The number of allylic oxidation sites excluding steroid dienone is 1. The van der Waals surface area contributed by atoms with Crippen molar-refractivity contribution in [3.63, 3.8) is 0 Å². The molecule has 0 bridgehead atoms. The first-order valence-corrected chi connectivity index (χ1v) is 8.95. The monoisotopic (exact) mass is 351 g/mol. The minimum atomic E-state index is -0.176. The van der Waals surface area contributed by atoms with Crippen LogP contribution in [0.4, 0.5) is 4.39 Å². The molecular weight excluding hydrogens is 329 g/mol. The molecular formula is C21H22FN3O. The zero-order valence-corrected chi connectivity index (χ0v) is 14.9. The smallest absolute Gasteiger partial charge is 0.235 e. The van der Waals surface area contributed by atoms with E-state index in [-0.39, 0.29) is 5.82 Å². The van der Waals surface area contributed by atoms with Crippen LogP contribution in [-0.4, -0.2) is 41.6 Å². The van der Waals surface area contributed by atoms with Gasteiger partial charge in [0.15, 0.2) is 0 Å². The maximum absolute atomic E-state index is 13.7. The van der Waals surface area contributed by atoms with Gasteiger partial charge in [0, 0.05) is 38.4 Å². The average molecular weight is 351 g/mol. The number of ether oxygens (including phenoxy) is 1. The van der Waals surface area contributed by atoms with E-state index in [1.54, 1.807) is 31.6 Å². The average Bonchev–Trinajstić information content (AvgIpc) is 3.28. The van der Waals surface area contributed by atoms with E-state index in [2.05, 4.69) is 27.0 Å². The molecule has 0 saturated carbocycles. The number of benzene rings is 1. The molecule has 0 N–H and O–H groups in total. The summed E-state index contributed by atoms with van der Waals surface area (Å²) >= 11 is 0. The van der Waals surface area contributed by atoms with E-state index in [1.807, 2.05) is 6.07 Å². The number of fused-ring (bicyclic) bond motifs is 1. The van der Waals surface area contributed by atoms with Crippen molar-refractivity contribution in [2.45, 2.75) is 19.3 Å². The van der Waals surface area contributed by atoms with E-state index in [0.717, 1.165) is 49.3 Å². The molecule has 1 aliphatic carbocycles. The molecule has 0 atom stereocenters. The second kappa shape index (κ2) is 7.38. The Morgan fingerprint density at radius 2 is 1.96 bits per heavy atom. The van der Waals surface area contributed by atoms with Crippen molar-refractivity contribution in [3.05, 3.63) is 71.0 Å². The fourth-order valence-corrected chi connectivity index (χ4v) is 3.80. The Kier molecular flexibility index (Phi) is 4.80. The first-order valence-electron chi connectivity index (χ1n) is 8.95. The Morgan fingerprint density at radius 3 is 2.77 bits per heavy atom. The number of nitrogens with zero attached hydrogens (tertiary/aromatic N) is 3.